The van der Waals surface area contributed by atoms with Gasteiger partial charge in [0, 0.05) is 18.0 Å². The molecule has 1 heterocycles. The van der Waals surface area contributed by atoms with Gasteiger partial charge in [-0.15, -0.1) is 0 Å². The SMILES string of the molecule is COC(=O)C1CCC(Nc2cc(=O)[nH]c(C(C)C)n2)CC1. The lowest BCUT2D eigenvalue weighted by Gasteiger charge is -2.28. The first-order valence-corrected chi connectivity index (χ1v) is 7.45. The van der Waals surface area contributed by atoms with Gasteiger partial charge >= 0.3 is 5.97 Å². The smallest absolute Gasteiger partial charge is 0.308 e. The molecular formula is C15H23N3O3. The Morgan fingerprint density at radius 3 is 2.62 bits per heavy atom. The molecule has 0 radical (unpaired) electrons. The van der Waals surface area contributed by atoms with Gasteiger partial charge in [-0.25, -0.2) is 4.98 Å². The second-order valence-corrected chi connectivity index (χ2v) is 5.89. The van der Waals surface area contributed by atoms with Crippen LogP contribution in [0.4, 0.5) is 5.82 Å². The number of H-pyrrole nitrogens is 1. The van der Waals surface area contributed by atoms with Crippen LogP contribution in [0.1, 0.15) is 51.3 Å². The molecule has 1 aromatic rings. The molecule has 0 bridgehead atoms. The Morgan fingerprint density at radius 2 is 2.05 bits per heavy atom. The fourth-order valence-electron chi connectivity index (χ4n) is 2.67. The minimum absolute atomic E-state index is 0.00594. The van der Waals surface area contributed by atoms with Gasteiger partial charge in [-0.3, -0.25) is 9.59 Å². The molecule has 0 spiro atoms. The van der Waals surface area contributed by atoms with Crippen molar-refractivity contribution in [2.45, 2.75) is 51.5 Å². The summed E-state index contributed by atoms with van der Waals surface area (Å²) in [6.07, 6.45) is 3.38. The Hall–Kier alpha value is -1.85. The molecule has 1 saturated carbocycles. The van der Waals surface area contributed by atoms with Gasteiger partial charge in [0.25, 0.3) is 5.56 Å². The van der Waals surface area contributed by atoms with Crippen molar-refractivity contribution >= 4 is 11.8 Å². The molecule has 1 aliphatic rings. The molecule has 2 rings (SSSR count). The molecule has 0 amide bonds. The van der Waals surface area contributed by atoms with Crippen LogP contribution in [0, 0.1) is 5.92 Å². The van der Waals surface area contributed by atoms with Gasteiger partial charge in [-0.1, -0.05) is 13.8 Å². The molecule has 6 heteroatoms. The molecule has 2 N–H and O–H groups in total. The van der Waals surface area contributed by atoms with Crippen molar-refractivity contribution in [3.63, 3.8) is 0 Å². The second-order valence-electron chi connectivity index (χ2n) is 5.89. The normalized spacial score (nSPS) is 22.1. The highest BCUT2D eigenvalue weighted by Crippen LogP contribution is 2.27. The Bertz CT molecular complexity index is 545. The van der Waals surface area contributed by atoms with E-state index in [2.05, 4.69) is 15.3 Å². The monoisotopic (exact) mass is 293 g/mol. The number of aromatic nitrogens is 2. The Kier molecular flexibility index (Phi) is 4.98. The van der Waals surface area contributed by atoms with Crippen LogP contribution >= 0.6 is 0 Å². The molecular weight excluding hydrogens is 270 g/mol. The number of aromatic amines is 1. The third-order valence-electron chi connectivity index (χ3n) is 3.92. The van der Waals surface area contributed by atoms with Crippen molar-refractivity contribution in [1.82, 2.24) is 9.97 Å². The van der Waals surface area contributed by atoms with Crippen LogP contribution in [0.5, 0.6) is 0 Å². The van der Waals surface area contributed by atoms with Crippen molar-refractivity contribution < 1.29 is 9.53 Å². The van der Waals surface area contributed by atoms with Gasteiger partial charge in [0.2, 0.25) is 0 Å². The summed E-state index contributed by atoms with van der Waals surface area (Å²) in [4.78, 5) is 30.3. The van der Waals surface area contributed by atoms with E-state index in [4.69, 9.17) is 4.74 Å². The summed E-state index contributed by atoms with van der Waals surface area (Å²) in [7, 11) is 1.43. The topological polar surface area (TPSA) is 84.1 Å². The molecule has 0 aliphatic heterocycles. The van der Waals surface area contributed by atoms with E-state index in [0.717, 1.165) is 25.7 Å². The van der Waals surface area contributed by atoms with E-state index in [1.54, 1.807) is 0 Å². The zero-order valence-electron chi connectivity index (χ0n) is 12.8. The molecule has 0 unspecified atom stereocenters. The van der Waals surface area contributed by atoms with Crippen LogP contribution in [0.15, 0.2) is 10.9 Å². The summed E-state index contributed by atoms with van der Waals surface area (Å²) < 4.78 is 4.78. The Morgan fingerprint density at radius 1 is 1.38 bits per heavy atom. The number of hydrogen-bond acceptors (Lipinski definition) is 5. The highest BCUT2D eigenvalue weighted by atomic mass is 16.5. The van der Waals surface area contributed by atoms with Gasteiger partial charge in [0.15, 0.2) is 0 Å². The largest absolute Gasteiger partial charge is 0.469 e. The minimum Gasteiger partial charge on any atom is -0.469 e. The first kappa shape index (κ1) is 15.5. The fourth-order valence-corrected chi connectivity index (χ4v) is 2.67. The van der Waals surface area contributed by atoms with Crippen LogP contribution in [0.25, 0.3) is 0 Å². The summed E-state index contributed by atoms with van der Waals surface area (Å²) >= 11 is 0. The second kappa shape index (κ2) is 6.74. The molecule has 1 fully saturated rings. The lowest BCUT2D eigenvalue weighted by atomic mass is 9.86. The number of carbonyl (C=O) groups is 1. The lowest BCUT2D eigenvalue weighted by Crippen LogP contribution is -2.30. The van der Waals surface area contributed by atoms with E-state index in [-0.39, 0.29) is 29.4 Å². The van der Waals surface area contributed by atoms with Crippen molar-refractivity contribution in [2.24, 2.45) is 5.92 Å². The number of hydrogen-bond donors (Lipinski definition) is 2. The maximum absolute atomic E-state index is 11.6. The number of ether oxygens (including phenoxy) is 1. The zero-order valence-corrected chi connectivity index (χ0v) is 12.8. The highest BCUT2D eigenvalue weighted by Gasteiger charge is 2.27. The highest BCUT2D eigenvalue weighted by molar-refractivity contribution is 5.72. The van der Waals surface area contributed by atoms with E-state index in [1.165, 1.54) is 13.2 Å². The first-order valence-electron chi connectivity index (χ1n) is 7.45. The van der Waals surface area contributed by atoms with Gasteiger partial charge in [-0.05, 0) is 25.7 Å². The Balaban J connectivity index is 1.97. The molecule has 0 saturated heterocycles. The first-order chi connectivity index (χ1) is 9.99. The average Bonchev–Trinajstić information content (AvgIpc) is 2.46. The summed E-state index contributed by atoms with van der Waals surface area (Å²) in [6.45, 7) is 3.98. The fraction of sp³-hybridized carbons (Fsp3) is 0.667. The van der Waals surface area contributed by atoms with Crippen LogP contribution in [0.3, 0.4) is 0 Å². The summed E-state index contributed by atoms with van der Waals surface area (Å²) in [5.74, 6) is 1.36. The minimum atomic E-state index is -0.139. The number of anilines is 1. The molecule has 0 atom stereocenters. The van der Waals surface area contributed by atoms with Gasteiger partial charge in [0.1, 0.15) is 11.6 Å². The van der Waals surface area contributed by atoms with Crippen LogP contribution < -0.4 is 10.9 Å². The number of carbonyl (C=O) groups excluding carboxylic acids is 1. The van der Waals surface area contributed by atoms with Crippen molar-refractivity contribution in [2.75, 3.05) is 12.4 Å². The predicted molar refractivity (Wildman–Crippen MR) is 80.3 cm³/mol. The quantitative estimate of drug-likeness (QED) is 0.830. The maximum Gasteiger partial charge on any atom is 0.308 e. The number of nitrogens with zero attached hydrogens (tertiary/aromatic N) is 1. The van der Waals surface area contributed by atoms with Gasteiger partial charge in [-0.2, -0.15) is 0 Å². The maximum atomic E-state index is 11.6. The summed E-state index contributed by atoms with van der Waals surface area (Å²) in [5, 5.41) is 3.31. The van der Waals surface area contributed by atoms with Crippen molar-refractivity contribution in [3.05, 3.63) is 22.2 Å². The molecule has 21 heavy (non-hydrogen) atoms. The number of methoxy groups -OCH3 is 1. The average molecular weight is 293 g/mol. The Labute approximate surface area is 124 Å². The lowest BCUT2D eigenvalue weighted by molar-refractivity contribution is -0.146. The molecule has 1 aromatic heterocycles. The molecule has 0 aromatic carbocycles. The van der Waals surface area contributed by atoms with Gasteiger partial charge < -0.3 is 15.0 Å². The summed E-state index contributed by atoms with van der Waals surface area (Å²) in [6, 6.07) is 1.73. The van der Waals surface area contributed by atoms with Crippen molar-refractivity contribution in [1.29, 1.82) is 0 Å². The van der Waals surface area contributed by atoms with Crippen LogP contribution in [-0.4, -0.2) is 29.1 Å². The standard InChI is InChI=1S/C15H23N3O3/c1-9(2)14-17-12(8-13(19)18-14)16-11-6-4-10(5-7-11)15(20)21-3/h8-11H,4-7H2,1-3H3,(H2,16,17,18,19). The molecule has 6 nitrogen and oxygen atoms in total. The van der Waals surface area contributed by atoms with Crippen molar-refractivity contribution in [3.8, 4) is 0 Å². The summed E-state index contributed by atoms with van der Waals surface area (Å²) in [5.41, 5.74) is -0.139. The predicted octanol–water partition coefficient (Wildman–Crippen LogP) is 2.04. The van der Waals surface area contributed by atoms with E-state index in [1.807, 2.05) is 13.8 Å². The molecule has 116 valence electrons. The van der Waals surface area contributed by atoms with Crippen LogP contribution in [0.2, 0.25) is 0 Å². The third kappa shape index (κ3) is 4.06. The van der Waals surface area contributed by atoms with E-state index in [9.17, 15) is 9.59 Å². The van der Waals surface area contributed by atoms with E-state index in [0.29, 0.717) is 11.6 Å². The van der Waals surface area contributed by atoms with Gasteiger partial charge in [0.05, 0.1) is 13.0 Å². The number of esters is 1. The van der Waals surface area contributed by atoms with E-state index >= 15 is 0 Å². The third-order valence-corrected chi connectivity index (χ3v) is 3.92. The number of rotatable bonds is 4. The van der Waals surface area contributed by atoms with E-state index < -0.39 is 0 Å². The number of nitrogens with one attached hydrogen (secondary N) is 2. The molecule has 1 aliphatic carbocycles. The van der Waals surface area contributed by atoms with Crippen LogP contribution in [-0.2, 0) is 9.53 Å². The zero-order chi connectivity index (χ0) is 15.4.